The number of anilines is 1. The van der Waals surface area contributed by atoms with Crippen LogP contribution in [0.5, 0.6) is 0 Å². The van der Waals surface area contributed by atoms with Crippen molar-refractivity contribution in [3.8, 4) is 0 Å². The molecule has 1 aromatic heterocycles. The molecular weight excluding hydrogens is 352 g/mol. The average Bonchev–Trinajstić information content (AvgIpc) is 3.13. The van der Waals surface area contributed by atoms with Gasteiger partial charge in [0.25, 0.3) is 0 Å². The first-order chi connectivity index (χ1) is 12.5. The standard InChI is InChI=1S/C19H22N2O4S/c1-2-12-26(23,24)21-10-9-15-5-6-17(13-16(15)14-21)20-19(22)8-7-18-4-3-11-25-18/h3-8,11,13H,2,9-10,12,14H2,1H3,(H,20,22). The maximum absolute atomic E-state index is 12.3. The van der Waals surface area contributed by atoms with Crippen molar-refractivity contribution in [1.29, 1.82) is 0 Å². The molecule has 0 spiro atoms. The molecule has 6 nitrogen and oxygen atoms in total. The van der Waals surface area contributed by atoms with Gasteiger partial charge in [-0.3, -0.25) is 4.79 Å². The lowest BCUT2D eigenvalue weighted by Gasteiger charge is -2.28. The van der Waals surface area contributed by atoms with Crippen LogP contribution in [0.4, 0.5) is 5.69 Å². The van der Waals surface area contributed by atoms with Crippen LogP contribution in [-0.4, -0.2) is 30.9 Å². The fourth-order valence-corrected chi connectivity index (χ4v) is 4.44. The molecule has 138 valence electrons. The molecule has 2 heterocycles. The van der Waals surface area contributed by atoms with Crippen molar-refractivity contribution in [2.24, 2.45) is 0 Å². The Morgan fingerprint density at radius 1 is 1.31 bits per heavy atom. The smallest absolute Gasteiger partial charge is 0.248 e. The number of rotatable bonds is 6. The minimum atomic E-state index is -3.22. The number of nitrogens with one attached hydrogen (secondary N) is 1. The number of carbonyl (C=O) groups is 1. The van der Waals surface area contributed by atoms with Crippen LogP contribution in [0.25, 0.3) is 6.08 Å². The zero-order valence-corrected chi connectivity index (χ0v) is 15.5. The molecule has 0 saturated heterocycles. The number of hydrogen-bond donors (Lipinski definition) is 1. The summed E-state index contributed by atoms with van der Waals surface area (Å²) in [5.74, 6) is 0.492. The molecule has 1 amide bonds. The van der Waals surface area contributed by atoms with Crippen LogP contribution in [0.1, 0.15) is 30.2 Å². The third kappa shape index (κ3) is 4.42. The molecule has 0 unspecified atom stereocenters. The maximum Gasteiger partial charge on any atom is 0.248 e. The summed E-state index contributed by atoms with van der Waals surface area (Å²) in [6.45, 7) is 2.72. The van der Waals surface area contributed by atoms with Crippen LogP contribution in [0.15, 0.2) is 47.1 Å². The molecule has 1 aliphatic heterocycles. The fourth-order valence-electron chi connectivity index (χ4n) is 2.96. The highest BCUT2D eigenvalue weighted by Gasteiger charge is 2.26. The number of furan rings is 1. The van der Waals surface area contributed by atoms with Gasteiger partial charge in [0.05, 0.1) is 12.0 Å². The quantitative estimate of drug-likeness (QED) is 0.788. The first-order valence-corrected chi connectivity index (χ1v) is 10.2. The van der Waals surface area contributed by atoms with E-state index in [1.54, 1.807) is 24.5 Å². The zero-order chi connectivity index (χ0) is 18.6. The summed E-state index contributed by atoms with van der Waals surface area (Å²) >= 11 is 0. The number of amides is 1. The van der Waals surface area contributed by atoms with Crippen molar-refractivity contribution in [2.75, 3.05) is 17.6 Å². The predicted octanol–water partition coefficient (Wildman–Crippen LogP) is 3.03. The normalized spacial score (nSPS) is 15.1. The SMILES string of the molecule is CCCS(=O)(=O)N1CCc2ccc(NC(=O)C=Cc3ccco3)cc2C1. The topological polar surface area (TPSA) is 79.6 Å². The zero-order valence-electron chi connectivity index (χ0n) is 14.6. The highest BCUT2D eigenvalue weighted by molar-refractivity contribution is 7.89. The maximum atomic E-state index is 12.3. The van der Waals surface area contributed by atoms with Gasteiger partial charge >= 0.3 is 0 Å². The van der Waals surface area contributed by atoms with Crippen molar-refractivity contribution < 1.29 is 17.6 Å². The molecule has 0 saturated carbocycles. The van der Waals surface area contributed by atoms with E-state index in [1.165, 1.54) is 10.4 Å². The minimum absolute atomic E-state index is 0.163. The molecule has 7 heteroatoms. The summed E-state index contributed by atoms with van der Waals surface area (Å²) in [6, 6.07) is 9.15. The number of sulfonamides is 1. The van der Waals surface area contributed by atoms with E-state index < -0.39 is 10.0 Å². The molecule has 0 aliphatic carbocycles. The second-order valence-corrected chi connectivity index (χ2v) is 8.31. The van der Waals surface area contributed by atoms with Crippen molar-refractivity contribution in [3.63, 3.8) is 0 Å². The Hall–Kier alpha value is -2.38. The molecule has 0 fully saturated rings. The minimum Gasteiger partial charge on any atom is -0.465 e. The number of nitrogens with zero attached hydrogens (tertiary/aromatic N) is 1. The van der Waals surface area contributed by atoms with Gasteiger partial charge in [-0.05, 0) is 54.3 Å². The summed E-state index contributed by atoms with van der Waals surface area (Å²) in [5, 5.41) is 2.80. The highest BCUT2D eigenvalue weighted by Crippen LogP contribution is 2.24. The number of fused-ring (bicyclic) bond motifs is 1. The van der Waals surface area contributed by atoms with E-state index >= 15 is 0 Å². The van der Waals surface area contributed by atoms with Crippen LogP contribution in [-0.2, 0) is 27.8 Å². The lowest BCUT2D eigenvalue weighted by molar-refractivity contribution is -0.111. The summed E-state index contributed by atoms with van der Waals surface area (Å²) in [6.07, 6.45) is 5.82. The highest BCUT2D eigenvalue weighted by atomic mass is 32.2. The predicted molar refractivity (Wildman–Crippen MR) is 101 cm³/mol. The molecule has 0 radical (unpaired) electrons. The first kappa shape index (κ1) is 18.4. The van der Waals surface area contributed by atoms with E-state index in [0.29, 0.717) is 37.4 Å². The third-order valence-electron chi connectivity index (χ3n) is 4.25. The van der Waals surface area contributed by atoms with E-state index in [-0.39, 0.29) is 11.7 Å². The van der Waals surface area contributed by atoms with Gasteiger partial charge in [-0.2, -0.15) is 4.31 Å². The molecule has 1 N–H and O–H groups in total. The van der Waals surface area contributed by atoms with Crippen LogP contribution < -0.4 is 5.32 Å². The molecule has 2 aromatic rings. The molecule has 3 rings (SSSR count). The Balaban J connectivity index is 1.69. The van der Waals surface area contributed by atoms with Crippen molar-refractivity contribution >= 4 is 27.7 Å². The van der Waals surface area contributed by atoms with E-state index in [1.807, 2.05) is 25.1 Å². The second-order valence-electron chi connectivity index (χ2n) is 6.22. The summed E-state index contributed by atoms with van der Waals surface area (Å²) in [7, 11) is -3.22. The second kappa shape index (κ2) is 7.88. The van der Waals surface area contributed by atoms with Crippen molar-refractivity contribution in [2.45, 2.75) is 26.3 Å². The Morgan fingerprint density at radius 2 is 2.15 bits per heavy atom. The fraction of sp³-hybridized carbons (Fsp3) is 0.316. The molecule has 0 atom stereocenters. The Labute approximate surface area is 153 Å². The lowest BCUT2D eigenvalue weighted by Crippen LogP contribution is -2.37. The number of hydrogen-bond acceptors (Lipinski definition) is 4. The molecule has 1 aromatic carbocycles. The average molecular weight is 374 g/mol. The van der Waals surface area contributed by atoms with Gasteiger partial charge in [0, 0.05) is 24.9 Å². The van der Waals surface area contributed by atoms with E-state index in [4.69, 9.17) is 4.42 Å². The van der Waals surface area contributed by atoms with Gasteiger partial charge in [0.1, 0.15) is 5.76 Å². The van der Waals surface area contributed by atoms with Gasteiger partial charge in [-0.1, -0.05) is 13.0 Å². The van der Waals surface area contributed by atoms with Gasteiger partial charge in [-0.25, -0.2) is 8.42 Å². The third-order valence-corrected chi connectivity index (χ3v) is 6.27. The lowest BCUT2D eigenvalue weighted by atomic mass is 10.0. The van der Waals surface area contributed by atoms with Gasteiger partial charge in [0.15, 0.2) is 0 Å². The van der Waals surface area contributed by atoms with Crippen LogP contribution >= 0.6 is 0 Å². The number of benzene rings is 1. The van der Waals surface area contributed by atoms with E-state index in [2.05, 4.69) is 5.32 Å². The molecule has 26 heavy (non-hydrogen) atoms. The van der Waals surface area contributed by atoms with E-state index in [0.717, 1.165) is 11.1 Å². The van der Waals surface area contributed by atoms with Crippen LogP contribution in [0.2, 0.25) is 0 Å². The Morgan fingerprint density at radius 3 is 2.88 bits per heavy atom. The molecule has 1 aliphatic rings. The van der Waals surface area contributed by atoms with Gasteiger partial charge in [-0.15, -0.1) is 0 Å². The summed E-state index contributed by atoms with van der Waals surface area (Å²) in [4.78, 5) is 12.0. The largest absolute Gasteiger partial charge is 0.465 e. The van der Waals surface area contributed by atoms with Gasteiger partial charge < -0.3 is 9.73 Å². The summed E-state index contributed by atoms with van der Waals surface area (Å²) < 4.78 is 31.3. The summed E-state index contributed by atoms with van der Waals surface area (Å²) in [5.41, 5.74) is 2.70. The van der Waals surface area contributed by atoms with E-state index in [9.17, 15) is 13.2 Å². The van der Waals surface area contributed by atoms with Crippen molar-refractivity contribution in [3.05, 3.63) is 59.6 Å². The van der Waals surface area contributed by atoms with Crippen LogP contribution in [0.3, 0.4) is 0 Å². The van der Waals surface area contributed by atoms with Gasteiger partial charge in [0.2, 0.25) is 15.9 Å². The monoisotopic (exact) mass is 374 g/mol. The van der Waals surface area contributed by atoms with Crippen molar-refractivity contribution in [1.82, 2.24) is 4.31 Å². The number of carbonyl (C=O) groups excluding carboxylic acids is 1. The molecule has 0 bridgehead atoms. The molecular formula is C19H22N2O4S. The Bertz CT molecular complexity index is 902. The van der Waals surface area contributed by atoms with Crippen LogP contribution in [0, 0.1) is 0 Å². The first-order valence-electron chi connectivity index (χ1n) is 8.60. The Kier molecular flexibility index (Phi) is 5.58.